The minimum atomic E-state index is -3.73. The number of sulfonamides is 1. The van der Waals surface area contributed by atoms with Crippen LogP contribution >= 0.6 is 0 Å². The van der Waals surface area contributed by atoms with Gasteiger partial charge in [-0.05, 0) is 36.8 Å². The molecule has 1 N–H and O–H groups in total. The third-order valence-electron chi connectivity index (χ3n) is 4.87. The Kier molecular flexibility index (Phi) is 7.18. The number of methoxy groups -OCH3 is 1. The summed E-state index contributed by atoms with van der Waals surface area (Å²) in [7, 11) is -2.17. The normalized spacial score (nSPS) is 14.7. The van der Waals surface area contributed by atoms with Gasteiger partial charge < -0.3 is 4.74 Å². The number of carbonyl (C=O) groups is 2. The highest BCUT2D eigenvalue weighted by Crippen LogP contribution is 2.19. The van der Waals surface area contributed by atoms with Crippen LogP contribution in [0, 0.1) is 0 Å². The summed E-state index contributed by atoms with van der Waals surface area (Å²) in [5.41, 5.74) is 0.985. The van der Waals surface area contributed by atoms with E-state index in [9.17, 15) is 22.8 Å². The number of hydrogen-bond acceptors (Lipinski definition) is 7. The van der Waals surface area contributed by atoms with E-state index in [1.54, 1.807) is 25.3 Å². The van der Waals surface area contributed by atoms with Crippen molar-refractivity contribution in [2.24, 2.45) is 0 Å². The average molecular weight is 449 g/mol. The molecule has 0 atom stereocenters. The van der Waals surface area contributed by atoms with Gasteiger partial charge in [0, 0.05) is 37.6 Å². The summed E-state index contributed by atoms with van der Waals surface area (Å²) in [5, 5.41) is 4.29. The van der Waals surface area contributed by atoms with E-state index in [4.69, 9.17) is 4.74 Å². The highest BCUT2D eigenvalue weighted by Gasteiger charge is 2.27. The second-order valence-corrected chi connectivity index (χ2v) is 8.94. The maximum absolute atomic E-state index is 12.2. The summed E-state index contributed by atoms with van der Waals surface area (Å²) in [6.07, 6.45) is 0.993. The predicted octanol–water partition coefficient (Wildman–Crippen LogP) is 0.377. The molecule has 166 valence electrons. The number of amides is 2. The van der Waals surface area contributed by atoms with Crippen molar-refractivity contribution in [1.82, 2.24) is 19.4 Å². The van der Waals surface area contributed by atoms with Crippen LogP contribution in [0.25, 0.3) is 11.3 Å². The summed E-state index contributed by atoms with van der Waals surface area (Å²) in [4.78, 5) is 36.6. The van der Waals surface area contributed by atoms with Gasteiger partial charge in [-0.1, -0.05) is 0 Å². The van der Waals surface area contributed by atoms with Crippen LogP contribution in [0.1, 0.15) is 19.3 Å². The molecule has 1 aromatic heterocycles. The third kappa shape index (κ3) is 5.98. The summed E-state index contributed by atoms with van der Waals surface area (Å²) in [6.45, 7) is -0.203. The van der Waals surface area contributed by atoms with E-state index in [0.717, 1.165) is 10.5 Å². The SMILES string of the molecule is COc1ccc(-c2ccc(=O)n(CCNS(=O)(=O)CCN3C(=O)CCCC3=O)n2)cc1. The van der Waals surface area contributed by atoms with E-state index in [2.05, 4.69) is 9.82 Å². The largest absolute Gasteiger partial charge is 0.497 e. The fourth-order valence-corrected chi connectivity index (χ4v) is 4.13. The van der Waals surface area contributed by atoms with Crippen LogP contribution in [-0.4, -0.2) is 60.9 Å². The standard InChI is InChI=1S/C20H24N4O6S/c1-30-16-7-5-15(6-8-16)17-9-10-20(27)24(22-17)12-11-21-31(28,29)14-13-23-18(25)3-2-4-19(23)26/h5-10,21H,2-4,11-14H2,1H3. The molecule has 3 rings (SSSR count). The number of nitrogens with zero attached hydrogens (tertiary/aromatic N) is 3. The smallest absolute Gasteiger partial charge is 0.266 e. The van der Waals surface area contributed by atoms with Crippen LogP contribution in [0.5, 0.6) is 5.75 Å². The van der Waals surface area contributed by atoms with Crippen LogP contribution in [0.4, 0.5) is 0 Å². The Hall–Kier alpha value is -3.05. The average Bonchev–Trinajstić information content (AvgIpc) is 2.74. The molecule has 2 amide bonds. The van der Waals surface area contributed by atoms with Gasteiger partial charge in [0.2, 0.25) is 21.8 Å². The summed E-state index contributed by atoms with van der Waals surface area (Å²) in [5.74, 6) is -0.395. The minimum absolute atomic E-state index is 0.0314. The Morgan fingerprint density at radius 3 is 2.32 bits per heavy atom. The topological polar surface area (TPSA) is 128 Å². The maximum atomic E-state index is 12.2. The highest BCUT2D eigenvalue weighted by molar-refractivity contribution is 7.89. The van der Waals surface area contributed by atoms with Gasteiger partial charge in [-0.3, -0.25) is 19.3 Å². The van der Waals surface area contributed by atoms with Gasteiger partial charge in [-0.25, -0.2) is 17.8 Å². The molecule has 1 saturated heterocycles. The fourth-order valence-electron chi connectivity index (χ4n) is 3.16. The molecule has 10 nitrogen and oxygen atoms in total. The maximum Gasteiger partial charge on any atom is 0.266 e. The van der Waals surface area contributed by atoms with E-state index in [-0.39, 0.29) is 49.8 Å². The predicted molar refractivity (Wildman–Crippen MR) is 113 cm³/mol. The van der Waals surface area contributed by atoms with Crippen molar-refractivity contribution in [3.05, 3.63) is 46.8 Å². The molecule has 1 aromatic carbocycles. The third-order valence-corrected chi connectivity index (χ3v) is 6.23. The van der Waals surface area contributed by atoms with Crippen molar-refractivity contribution in [3.8, 4) is 17.0 Å². The molecular formula is C20H24N4O6S. The number of imide groups is 1. The number of hydrogen-bond donors (Lipinski definition) is 1. The van der Waals surface area contributed by atoms with Crippen molar-refractivity contribution in [3.63, 3.8) is 0 Å². The molecule has 31 heavy (non-hydrogen) atoms. The van der Waals surface area contributed by atoms with Gasteiger partial charge in [0.1, 0.15) is 5.75 Å². The van der Waals surface area contributed by atoms with Crippen LogP contribution in [-0.2, 0) is 26.2 Å². The van der Waals surface area contributed by atoms with Gasteiger partial charge in [-0.2, -0.15) is 5.10 Å². The number of aromatic nitrogens is 2. The first-order chi connectivity index (χ1) is 14.8. The minimum Gasteiger partial charge on any atom is -0.497 e. The molecular weight excluding hydrogens is 424 g/mol. The molecule has 1 fully saturated rings. The Bertz CT molecular complexity index is 1100. The first-order valence-corrected chi connectivity index (χ1v) is 11.5. The number of likely N-dealkylation sites (tertiary alicyclic amines) is 1. The Labute approximate surface area is 179 Å². The molecule has 0 saturated carbocycles. The lowest BCUT2D eigenvalue weighted by Crippen LogP contribution is -2.44. The number of piperidine rings is 1. The molecule has 0 bridgehead atoms. The van der Waals surface area contributed by atoms with Gasteiger partial charge in [0.05, 0.1) is 25.1 Å². The van der Waals surface area contributed by atoms with Crippen molar-refractivity contribution in [2.75, 3.05) is 26.0 Å². The van der Waals surface area contributed by atoms with Gasteiger partial charge in [-0.15, -0.1) is 0 Å². The molecule has 0 unspecified atom stereocenters. The number of carbonyl (C=O) groups excluding carboxylic acids is 2. The lowest BCUT2D eigenvalue weighted by molar-refractivity contribution is -0.147. The van der Waals surface area contributed by atoms with Crippen molar-refractivity contribution in [1.29, 1.82) is 0 Å². The van der Waals surface area contributed by atoms with Gasteiger partial charge >= 0.3 is 0 Å². The Morgan fingerprint density at radius 1 is 1.00 bits per heavy atom. The van der Waals surface area contributed by atoms with Crippen LogP contribution in [0.3, 0.4) is 0 Å². The zero-order chi connectivity index (χ0) is 22.4. The number of ether oxygens (including phenoxy) is 1. The zero-order valence-electron chi connectivity index (χ0n) is 17.1. The monoisotopic (exact) mass is 448 g/mol. The molecule has 2 aromatic rings. The van der Waals surface area contributed by atoms with Gasteiger partial charge in [0.25, 0.3) is 5.56 Å². The summed E-state index contributed by atoms with van der Waals surface area (Å²) < 4.78 is 33.1. The second kappa shape index (κ2) is 9.84. The number of rotatable bonds is 9. The number of nitrogens with one attached hydrogen (secondary N) is 1. The van der Waals surface area contributed by atoms with Crippen molar-refractivity contribution < 1.29 is 22.7 Å². The fraction of sp³-hybridized carbons (Fsp3) is 0.400. The number of benzene rings is 1. The molecule has 2 heterocycles. The van der Waals surface area contributed by atoms with Crippen molar-refractivity contribution in [2.45, 2.75) is 25.8 Å². The summed E-state index contributed by atoms with van der Waals surface area (Å²) in [6, 6.07) is 10.1. The van der Waals surface area contributed by atoms with Crippen LogP contribution in [0.2, 0.25) is 0 Å². The Balaban J connectivity index is 1.58. The van der Waals surface area contributed by atoms with E-state index in [1.165, 1.54) is 10.7 Å². The molecule has 11 heteroatoms. The zero-order valence-corrected chi connectivity index (χ0v) is 17.9. The highest BCUT2D eigenvalue weighted by atomic mass is 32.2. The lowest BCUT2D eigenvalue weighted by Gasteiger charge is -2.24. The molecule has 0 radical (unpaired) electrons. The van der Waals surface area contributed by atoms with Crippen LogP contribution < -0.4 is 15.0 Å². The first-order valence-electron chi connectivity index (χ1n) is 9.82. The van der Waals surface area contributed by atoms with E-state index in [1.807, 2.05) is 12.1 Å². The Morgan fingerprint density at radius 2 is 1.68 bits per heavy atom. The molecule has 1 aliphatic rings. The molecule has 0 spiro atoms. The van der Waals surface area contributed by atoms with Gasteiger partial charge in [0.15, 0.2) is 0 Å². The second-order valence-electron chi connectivity index (χ2n) is 7.01. The van der Waals surface area contributed by atoms with E-state index in [0.29, 0.717) is 17.9 Å². The summed E-state index contributed by atoms with van der Waals surface area (Å²) >= 11 is 0. The van der Waals surface area contributed by atoms with E-state index >= 15 is 0 Å². The lowest BCUT2D eigenvalue weighted by atomic mass is 10.1. The van der Waals surface area contributed by atoms with Crippen LogP contribution in [0.15, 0.2) is 41.2 Å². The van der Waals surface area contributed by atoms with Crippen molar-refractivity contribution >= 4 is 21.8 Å². The molecule has 0 aliphatic carbocycles. The quantitative estimate of drug-likeness (QED) is 0.549. The molecule has 1 aliphatic heterocycles. The first kappa shape index (κ1) is 22.6. The van der Waals surface area contributed by atoms with E-state index < -0.39 is 15.8 Å².